The van der Waals surface area contributed by atoms with E-state index in [-0.39, 0.29) is 0 Å². The summed E-state index contributed by atoms with van der Waals surface area (Å²) in [4.78, 5) is 16.9. The molecule has 0 atom stereocenters. The van der Waals surface area contributed by atoms with E-state index in [9.17, 15) is 4.79 Å². The van der Waals surface area contributed by atoms with Gasteiger partial charge in [-0.1, -0.05) is 11.8 Å². The summed E-state index contributed by atoms with van der Waals surface area (Å²) < 4.78 is 1.10. The van der Waals surface area contributed by atoms with Gasteiger partial charge in [-0.2, -0.15) is 0 Å². The zero-order valence-electron chi connectivity index (χ0n) is 11.3. The Balaban J connectivity index is 2.14. The van der Waals surface area contributed by atoms with Crippen LogP contribution < -0.4 is 11.5 Å². The Labute approximate surface area is 130 Å². The molecule has 0 saturated carbocycles. The summed E-state index contributed by atoms with van der Waals surface area (Å²) in [5, 5.41) is 1.71. The minimum atomic E-state index is -0.422. The van der Waals surface area contributed by atoms with Gasteiger partial charge in [0.15, 0.2) is 0 Å². The van der Waals surface area contributed by atoms with Gasteiger partial charge in [-0.05, 0) is 42.8 Å². The fraction of sp³-hybridized carbons (Fsp3) is 0.0667. The fourth-order valence-electron chi connectivity index (χ4n) is 2.12. The summed E-state index contributed by atoms with van der Waals surface area (Å²) in [6.07, 6.45) is 1.77. The molecule has 3 aromatic rings. The predicted molar refractivity (Wildman–Crippen MR) is 87.9 cm³/mol. The van der Waals surface area contributed by atoms with Crippen molar-refractivity contribution in [2.75, 3.05) is 5.73 Å². The normalized spacial score (nSPS) is 10.9. The van der Waals surface area contributed by atoms with E-state index < -0.39 is 5.91 Å². The monoisotopic (exact) mass is 315 g/mol. The van der Waals surface area contributed by atoms with Crippen molar-refractivity contribution in [2.24, 2.45) is 5.73 Å². The van der Waals surface area contributed by atoms with E-state index in [0.29, 0.717) is 5.56 Å². The van der Waals surface area contributed by atoms with Gasteiger partial charge in [0, 0.05) is 22.0 Å². The predicted octanol–water partition coefficient (Wildman–Crippen LogP) is 3.44. The minimum absolute atomic E-state index is 0.422. The Morgan fingerprint density at radius 3 is 2.76 bits per heavy atom. The zero-order chi connectivity index (χ0) is 15.0. The van der Waals surface area contributed by atoms with Crippen LogP contribution in [0.1, 0.15) is 15.9 Å². The van der Waals surface area contributed by atoms with E-state index in [4.69, 9.17) is 11.5 Å². The van der Waals surface area contributed by atoms with Gasteiger partial charge in [0.05, 0.1) is 14.7 Å². The third-order valence-corrected chi connectivity index (χ3v) is 5.25. The first-order valence-electron chi connectivity index (χ1n) is 6.27. The van der Waals surface area contributed by atoms with Crippen molar-refractivity contribution in [1.29, 1.82) is 0 Å². The molecule has 2 heterocycles. The second-order valence-corrected chi connectivity index (χ2v) is 7.07. The number of carbonyl (C=O) groups is 1. The molecule has 21 heavy (non-hydrogen) atoms. The number of thiophene rings is 1. The Bertz CT molecular complexity index is 842. The van der Waals surface area contributed by atoms with E-state index in [1.807, 2.05) is 37.3 Å². The number of pyridine rings is 1. The van der Waals surface area contributed by atoms with Crippen LogP contribution >= 0.6 is 23.1 Å². The van der Waals surface area contributed by atoms with Gasteiger partial charge in [0.25, 0.3) is 0 Å². The quantitative estimate of drug-likeness (QED) is 0.775. The maximum absolute atomic E-state index is 11.5. The molecule has 0 radical (unpaired) electrons. The smallest absolute Gasteiger partial charge is 0.248 e. The van der Waals surface area contributed by atoms with Crippen LogP contribution in [0.25, 0.3) is 10.9 Å². The highest BCUT2D eigenvalue weighted by Crippen LogP contribution is 2.38. The average Bonchev–Trinajstić information content (AvgIpc) is 2.83. The number of amides is 1. The van der Waals surface area contributed by atoms with Crippen molar-refractivity contribution < 1.29 is 4.79 Å². The molecule has 3 rings (SSSR count). The number of benzene rings is 1. The van der Waals surface area contributed by atoms with Crippen molar-refractivity contribution in [3.8, 4) is 0 Å². The van der Waals surface area contributed by atoms with E-state index in [1.54, 1.807) is 18.0 Å². The van der Waals surface area contributed by atoms with Crippen LogP contribution in [0, 0.1) is 6.92 Å². The van der Waals surface area contributed by atoms with Gasteiger partial charge < -0.3 is 11.5 Å². The van der Waals surface area contributed by atoms with Crippen molar-refractivity contribution in [3.05, 3.63) is 47.7 Å². The molecule has 0 bridgehead atoms. The minimum Gasteiger partial charge on any atom is -0.391 e. The number of fused-ring (bicyclic) bond motifs is 1. The molecule has 0 spiro atoms. The highest BCUT2D eigenvalue weighted by Gasteiger charge is 2.11. The van der Waals surface area contributed by atoms with Gasteiger partial charge in [0.1, 0.15) is 0 Å². The van der Waals surface area contributed by atoms with Crippen LogP contribution in [0.5, 0.6) is 0 Å². The maximum atomic E-state index is 11.5. The lowest BCUT2D eigenvalue weighted by Crippen LogP contribution is -2.12. The molecule has 2 aromatic heterocycles. The maximum Gasteiger partial charge on any atom is 0.248 e. The topological polar surface area (TPSA) is 82.0 Å². The number of primary amides is 1. The van der Waals surface area contributed by atoms with Gasteiger partial charge in [-0.25, -0.2) is 0 Å². The standard InChI is InChI=1S/C15H13N3OS2/c1-8-6-11-10(7-9(8)15(17)19)12(4-5-18-11)20-14-3-2-13(16)21-14/h2-7H,16H2,1H3,(H2,17,19). The molecule has 1 amide bonds. The van der Waals surface area contributed by atoms with Crippen LogP contribution in [0.15, 0.2) is 45.6 Å². The fourth-order valence-corrected chi connectivity index (χ4v) is 4.11. The summed E-state index contributed by atoms with van der Waals surface area (Å²) in [7, 11) is 0. The largest absolute Gasteiger partial charge is 0.391 e. The summed E-state index contributed by atoms with van der Waals surface area (Å²) in [5.41, 5.74) is 13.4. The van der Waals surface area contributed by atoms with Crippen molar-refractivity contribution in [2.45, 2.75) is 16.0 Å². The number of rotatable bonds is 3. The summed E-state index contributed by atoms with van der Waals surface area (Å²) in [5.74, 6) is -0.422. The van der Waals surface area contributed by atoms with Crippen LogP contribution in [0.2, 0.25) is 0 Å². The Morgan fingerprint density at radius 2 is 2.10 bits per heavy atom. The number of aryl methyl sites for hydroxylation is 1. The average molecular weight is 315 g/mol. The number of anilines is 1. The lowest BCUT2D eigenvalue weighted by molar-refractivity contribution is 0.1000. The van der Waals surface area contributed by atoms with Crippen LogP contribution in [-0.2, 0) is 0 Å². The lowest BCUT2D eigenvalue weighted by Gasteiger charge is -2.08. The van der Waals surface area contributed by atoms with Crippen LogP contribution in [-0.4, -0.2) is 10.9 Å². The molecule has 0 aliphatic rings. The Hall–Kier alpha value is -2.05. The molecule has 0 aliphatic carbocycles. The molecule has 0 saturated heterocycles. The summed E-state index contributed by atoms with van der Waals surface area (Å²) in [6, 6.07) is 9.51. The molecular weight excluding hydrogens is 302 g/mol. The highest BCUT2D eigenvalue weighted by molar-refractivity contribution is 8.01. The van der Waals surface area contributed by atoms with Crippen LogP contribution in [0.3, 0.4) is 0 Å². The van der Waals surface area contributed by atoms with Crippen molar-refractivity contribution in [1.82, 2.24) is 4.98 Å². The van der Waals surface area contributed by atoms with Crippen molar-refractivity contribution in [3.63, 3.8) is 0 Å². The molecule has 4 N–H and O–H groups in total. The first-order valence-corrected chi connectivity index (χ1v) is 7.90. The van der Waals surface area contributed by atoms with Gasteiger partial charge in [0.2, 0.25) is 5.91 Å². The van der Waals surface area contributed by atoms with E-state index in [2.05, 4.69) is 4.98 Å². The zero-order valence-corrected chi connectivity index (χ0v) is 12.9. The first-order chi connectivity index (χ1) is 10.0. The second kappa shape index (κ2) is 5.38. The Morgan fingerprint density at radius 1 is 1.29 bits per heavy atom. The van der Waals surface area contributed by atoms with Gasteiger partial charge in [-0.15, -0.1) is 11.3 Å². The Kier molecular flexibility index (Phi) is 3.57. The third-order valence-electron chi connectivity index (χ3n) is 3.13. The first kappa shape index (κ1) is 13.9. The van der Waals surface area contributed by atoms with E-state index in [0.717, 1.165) is 30.6 Å². The number of carbonyl (C=O) groups excluding carboxylic acids is 1. The molecule has 1 aromatic carbocycles. The molecule has 106 valence electrons. The molecule has 6 heteroatoms. The molecule has 0 aliphatic heterocycles. The van der Waals surface area contributed by atoms with Gasteiger partial charge >= 0.3 is 0 Å². The highest BCUT2D eigenvalue weighted by atomic mass is 32.2. The van der Waals surface area contributed by atoms with Crippen LogP contribution in [0.4, 0.5) is 5.00 Å². The molecule has 0 unspecified atom stereocenters. The summed E-state index contributed by atoms with van der Waals surface area (Å²) in [6.45, 7) is 1.86. The lowest BCUT2D eigenvalue weighted by atomic mass is 10.0. The number of aromatic nitrogens is 1. The summed E-state index contributed by atoms with van der Waals surface area (Å²) >= 11 is 3.14. The number of hydrogen-bond donors (Lipinski definition) is 2. The molecule has 0 fully saturated rings. The van der Waals surface area contributed by atoms with Gasteiger partial charge in [-0.3, -0.25) is 9.78 Å². The number of nitrogen functional groups attached to an aromatic ring is 1. The SMILES string of the molecule is Cc1cc2nccc(Sc3ccc(N)s3)c2cc1C(N)=O. The number of nitrogens with two attached hydrogens (primary N) is 2. The number of nitrogens with zero attached hydrogens (tertiary/aromatic N) is 1. The third kappa shape index (κ3) is 2.72. The number of hydrogen-bond acceptors (Lipinski definition) is 5. The van der Waals surface area contributed by atoms with E-state index in [1.165, 1.54) is 11.3 Å². The van der Waals surface area contributed by atoms with Crippen molar-refractivity contribution >= 4 is 44.9 Å². The molecule has 4 nitrogen and oxygen atoms in total. The van der Waals surface area contributed by atoms with E-state index >= 15 is 0 Å². The molecular formula is C15H13N3OS2. The second-order valence-electron chi connectivity index (χ2n) is 4.62.